The van der Waals surface area contributed by atoms with Gasteiger partial charge < -0.3 is 18.8 Å². The predicted molar refractivity (Wildman–Crippen MR) is 97.3 cm³/mol. The maximum Gasteiger partial charge on any atom is 0.341 e. The molecule has 0 fully saturated rings. The van der Waals surface area contributed by atoms with Gasteiger partial charge in [-0.25, -0.2) is 4.79 Å². The molecule has 0 atom stereocenters. The second-order valence-corrected chi connectivity index (χ2v) is 6.44. The Bertz CT molecular complexity index is 761. The van der Waals surface area contributed by atoms with Crippen LogP contribution in [0.2, 0.25) is 0 Å². The third kappa shape index (κ3) is 4.88. The van der Waals surface area contributed by atoms with E-state index >= 15 is 0 Å². The highest BCUT2D eigenvalue weighted by Gasteiger charge is 2.18. The van der Waals surface area contributed by atoms with E-state index < -0.39 is 5.97 Å². The van der Waals surface area contributed by atoms with E-state index in [-0.39, 0.29) is 19.1 Å². The molecular formula is C20H25NO5. The van der Waals surface area contributed by atoms with E-state index in [1.54, 1.807) is 20.0 Å². The minimum Gasteiger partial charge on any atom is -0.484 e. The van der Waals surface area contributed by atoms with Crippen molar-refractivity contribution in [1.82, 2.24) is 4.90 Å². The SMILES string of the molecule is COC(=O)c1cc(CN(C)C(=O)COc2ccc(C(C)C)cc2)oc1C. The molecule has 0 unspecified atom stereocenters. The quantitative estimate of drug-likeness (QED) is 0.707. The molecule has 0 saturated carbocycles. The molecule has 0 aliphatic heterocycles. The number of rotatable bonds is 7. The van der Waals surface area contributed by atoms with Crippen molar-refractivity contribution in [2.45, 2.75) is 33.2 Å². The number of amides is 1. The lowest BCUT2D eigenvalue weighted by atomic mass is 10.0. The van der Waals surface area contributed by atoms with Crippen LogP contribution in [-0.4, -0.2) is 37.5 Å². The van der Waals surface area contributed by atoms with Gasteiger partial charge in [-0.2, -0.15) is 0 Å². The molecule has 1 aromatic carbocycles. The molecule has 1 heterocycles. The first-order valence-electron chi connectivity index (χ1n) is 8.46. The number of hydrogen-bond donors (Lipinski definition) is 0. The van der Waals surface area contributed by atoms with E-state index in [0.717, 1.165) is 0 Å². The van der Waals surface area contributed by atoms with Gasteiger partial charge in [-0.3, -0.25) is 4.79 Å². The molecule has 2 aromatic rings. The van der Waals surface area contributed by atoms with Crippen LogP contribution in [0.3, 0.4) is 0 Å². The summed E-state index contributed by atoms with van der Waals surface area (Å²) in [7, 11) is 2.97. The highest BCUT2D eigenvalue weighted by Crippen LogP contribution is 2.19. The van der Waals surface area contributed by atoms with Crippen molar-refractivity contribution in [1.29, 1.82) is 0 Å². The highest BCUT2D eigenvalue weighted by molar-refractivity contribution is 5.90. The fourth-order valence-electron chi connectivity index (χ4n) is 2.46. The van der Waals surface area contributed by atoms with Crippen molar-refractivity contribution >= 4 is 11.9 Å². The van der Waals surface area contributed by atoms with Gasteiger partial charge in [-0.15, -0.1) is 0 Å². The molecule has 0 spiro atoms. The van der Waals surface area contributed by atoms with E-state index in [0.29, 0.717) is 28.8 Å². The van der Waals surface area contributed by atoms with Gasteiger partial charge in [0.25, 0.3) is 5.91 Å². The molecule has 1 aromatic heterocycles. The Morgan fingerprint density at radius 1 is 1.19 bits per heavy atom. The topological polar surface area (TPSA) is 69.0 Å². The Hall–Kier alpha value is -2.76. The first kappa shape index (κ1) is 19.6. The van der Waals surface area contributed by atoms with Crippen LogP contribution in [-0.2, 0) is 16.1 Å². The second-order valence-electron chi connectivity index (χ2n) is 6.44. The molecule has 6 nitrogen and oxygen atoms in total. The first-order chi connectivity index (χ1) is 12.3. The van der Waals surface area contributed by atoms with Crippen molar-refractivity contribution in [2.24, 2.45) is 0 Å². The number of methoxy groups -OCH3 is 1. The molecule has 0 radical (unpaired) electrons. The normalized spacial score (nSPS) is 10.7. The van der Waals surface area contributed by atoms with E-state index in [1.807, 2.05) is 24.3 Å². The van der Waals surface area contributed by atoms with Crippen LogP contribution in [0.1, 0.15) is 47.2 Å². The van der Waals surface area contributed by atoms with Crippen molar-refractivity contribution < 1.29 is 23.5 Å². The molecule has 1 amide bonds. The molecule has 26 heavy (non-hydrogen) atoms. The average Bonchev–Trinajstić information content (AvgIpc) is 2.99. The fourth-order valence-corrected chi connectivity index (χ4v) is 2.46. The third-order valence-corrected chi connectivity index (χ3v) is 4.10. The third-order valence-electron chi connectivity index (χ3n) is 4.10. The summed E-state index contributed by atoms with van der Waals surface area (Å²) >= 11 is 0. The summed E-state index contributed by atoms with van der Waals surface area (Å²) in [6.07, 6.45) is 0. The number of hydrogen-bond acceptors (Lipinski definition) is 5. The molecule has 0 saturated heterocycles. The molecule has 2 rings (SSSR count). The van der Waals surface area contributed by atoms with Crippen LogP contribution in [0.5, 0.6) is 5.75 Å². The Balaban J connectivity index is 1.90. The number of furan rings is 1. The molecular weight excluding hydrogens is 334 g/mol. The Labute approximate surface area is 153 Å². The summed E-state index contributed by atoms with van der Waals surface area (Å²) in [5, 5.41) is 0. The summed E-state index contributed by atoms with van der Waals surface area (Å²) in [4.78, 5) is 25.3. The largest absolute Gasteiger partial charge is 0.484 e. The number of ether oxygens (including phenoxy) is 2. The number of carbonyl (C=O) groups excluding carboxylic acids is 2. The number of carbonyl (C=O) groups is 2. The van der Waals surface area contributed by atoms with Gasteiger partial charge in [0.2, 0.25) is 0 Å². The lowest BCUT2D eigenvalue weighted by Crippen LogP contribution is -2.30. The van der Waals surface area contributed by atoms with E-state index in [1.165, 1.54) is 17.6 Å². The Morgan fingerprint density at radius 3 is 2.42 bits per heavy atom. The van der Waals surface area contributed by atoms with Gasteiger partial charge in [0.15, 0.2) is 6.61 Å². The van der Waals surface area contributed by atoms with Crippen LogP contribution in [0.4, 0.5) is 0 Å². The summed E-state index contributed by atoms with van der Waals surface area (Å²) < 4.78 is 15.8. The van der Waals surface area contributed by atoms with Gasteiger partial charge >= 0.3 is 5.97 Å². The Morgan fingerprint density at radius 2 is 1.85 bits per heavy atom. The van der Waals surface area contributed by atoms with Gasteiger partial charge in [0.1, 0.15) is 22.8 Å². The van der Waals surface area contributed by atoms with Crippen molar-refractivity contribution in [3.63, 3.8) is 0 Å². The zero-order valence-electron chi connectivity index (χ0n) is 15.9. The molecule has 0 aliphatic carbocycles. The maximum absolute atomic E-state index is 12.2. The van der Waals surface area contributed by atoms with Crippen LogP contribution >= 0.6 is 0 Å². The maximum atomic E-state index is 12.2. The smallest absolute Gasteiger partial charge is 0.341 e. The van der Waals surface area contributed by atoms with E-state index in [9.17, 15) is 9.59 Å². The number of benzene rings is 1. The monoisotopic (exact) mass is 359 g/mol. The van der Waals surface area contributed by atoms with E-state index in [4.69, 9.17) is 13.9 Å². The summed E-state index contributed by atoms with van der Waals surface area (Å²) in [5.74, 6) is 1.43. The molecule has 0 bridgehead atoms. The van der Waals surface area contributed by atoms with Gasteiger partial charge in [0, 0.05) is 7.05 Å². The number of likely N-dealkylation sites (N-methyl/N-ethyl adjacent to an activating group) is 1. The van der Waals surface area contributed by atoms with Gasteiger partial charge in [-0.05, 0) is 36.6 Å². The minimum atomic E-state index is -0.459. The van der Waals surface area contributed by atoms with Crippen molar-refractivity contribution in [3.8, 4) is 5.75 Å². The fraction of sp³-hybridized carbons (Fsp3) is 0.400. The number of esters is 1. The summed E-state index contributed by atoms with van der Waals surface area (Å²) in [6, 6.07) is 9.31. The average molecular weight is 359 g/mol. The Kier molecular flexibility index (Phi) is 6.44. The second kappa shape index (κ2) is 8.56. The number of nitrogens with zero attached hydrogens (tertiary/aromatic N) is 1. The van der Waals surface area contributed by atoms with Gasteiger partial charge in [-0.1, -0.05) is 26.0 Å². The van der Waals surface area contributed by atoms with E-state index in [2.05, 4.69) is 13.8 Å². The summed E-state index contributed by atoms with van der Waals surface area (Å²) in [6.45, 7) is 6.10. The van der Waals surface area contributed by atoms with Crippen molar-refractivity contribution in [2.75, 3.05) is 20.8 Å². The first-order valence-corrected chi connectivity index (χ1v) is 8.46. The van der Waals surface area contributed by atoms with Gasteiger partial charge in [0.05, 0.1) is 13.7 Å². The van der Waals surface area contributed by atoms with Crippen LogP contribution < -0.4 is 4.74 Å². The predicted octanol–water partition coefficient (Wildman–Crippen LogP) is 3.54. The molecule has 0 aliphatic rings. The van der Waals surface area contributed by atoms with Crippen LogP contribution in [0.15, 0.2) is 34.7 Å². The van der Waals surface area contributed by atoms with Crippen LogP contribution in [0, 0.1) is 6.92 Å². The summed E-state index contributed by atoms with van der Waals surface area (Å²) in [5.41, 5.74) is 1.58. The zero-order valence-corrected chi connectivity index (χ0v) is 15.9. The lowest BCUT2D eigenvalue weighted by Gasteiger charge is -2.16. The molecule has 6 heteroatoms. The van der Waals surface area contributed by atoms with Crippen molar-refractivity contribution in [3.05, 3.63) is 53.0 Å². The highest BCUT2D eigenvalue weighted by atomic mass is 16.5. The minimum absolute atomic E-state index is 0.0684. The zero-order chi connectivity index (χ0) is 19.3. The molecule has 0 N–H and O–H groups in total. The lowest BCUT2D eigenvalue weighted by molar-refractivity contribution is -0.132. The molecule has 140 valence electrons. The van der Waals surface area contributed by atoms with Crippen LogP contribution in [0.25, 0.3) is 0 Å². The number of aryl methyl sites for hydroxylation is 1. The standard InChI is InChI=1S/C20H25NO5/c1-13(2)15-6-8-16(9-7-15)25-12-19(22)21(4)11-17-10-18(14(3)26-17)20(23)24-5/h6-10,13H,11-12H2,1-5H3.